The third-order valence-electron chi connectivity index (χ3n) is 4.23. The Bertz CT molecular complexity index is 414. The first kappa shape index (κ1) is 15.1. The van der Waals surface area contributed by atoms with Gasteiger partial charge in [-0.3, -0.25) is 4.98 Å². The van der Waals surface area contributed by atoms with Gasteiger partial charge in [-0.05, 0) is 37.2 Å². The molecule has 1 aliphatic rings. The molecule has 3 heteroatoms. The minimum atomic E-state index is 0.607. The highest BCUT2D eigenvalue weighted by Crippen LogP contribution is 2.32. The number of hydrogen-bond donors (Lipinski definition) is 1. The second-order valence-electron chi connectivity index (χ2n) is 6.79. The molecule has 1 aromatic rings. The second-order valence-corrected chi connectivity index (χ2v) is 6.79. The van der Waals surface area contributed by atoms with E-state index in [1.165, 1.54) is 43.5 Å². The quantitative estimate of drug-likeness (QED) is 0.874. The van der Waals surface area contributed by atoms with Crippen LogP contribution in [0.3, 0.4) is 0 Å². The molecule has 0 amide bonds. The lowest BCUT2D eigenvalue weighted by atomic mass is 9.81. The molecular weight excluding hydrogens is 246 g/mol. The number of nitrogens with one attached hydrogen (secondary N) is 1. The summed E-state index contributed by atoms with van der Waals surface area (Å²) in [6.45, 7) is 4.67. The van der Waals surface area contributed by atoms with Gasteiger partial charge in [0.1, 0.15) is 0 Å². The molecule has 2 atom stereocenters. The third kappa shape index (κ3) is 4.12. The first-order chi connectivity index (χ1) is 9.56. The van der Waals surface area contributed by atoms with Gasteiger partial charge in [-0.25, -0.2) is 0 Å². The monoisotopic (exact) mass is 275 g/mol. The maximum Gasteiger partial charge on any atom is 0.0766 e. The van der Waals surface area contributed by atoms with Crippen molar-refractivity contribution in [1.82, 2.24) is 4.98 Å². The maximum atomic E-state index is 4.27. The molecule has 0 saturated heterocycles. The summed E-state index contributed by atoms with van der Waals surface area (Å²) in [6, 6.07) is 2.69. The lowest BCUT2D eigenvalue weighted by Crippen LogP contribution is -2.28. The molecule has 1 aromatic heterocycles. The molecule has 112 valence electrons. The van der Waals surface area contributed by atoms with Gasteiger partial charge in [0.05, 0.1) is 17.6 Å². The number of aromatic nitrogens is 1. The molecule has 0 spiro atoms. The Hall–Kier alpha value is -1.25. The van der Waals surface area contributed by atoms with Crippen LogP contribution in [0.15, 0.2) is 18.5 Å². The van der Waals surface area contributed by atoms with Gasteiger partial charge < -0.3 is 10.2 Å². The summed E-state index contributed by atoms with van der Waals surface area (Å²) < 4.78 is 0. The van der Waals surface area contributed by atoms with Crippen LogP contribution in [-0.4, -0.2) is 25.1 Å². The first-order valence-corrected chi connectivity index (χ1v) is 7.94. The summed E-state index contributed by atoms with van der Waals surface area (Å²) in [5.41, 5.74) is 2.40. The van der Waals surface area contributed by atoms with Crippen molar-refractivity contribution in [3.63, 3.8) is 0 Å². The largest absolute Gasteiger partial charge is 0.379 e. The van der Waals surface area contributed by atoms with E-state index in [1.807, 2.05) is 12.4 Å². The SMILES string of the molecule is CC(C)CC1CCCC(Nc2cnccc2N(C)C)C1. The Balaban J connectivity index is 1.99. The average molecular weight is 275 g/mol. The Labute approximate surface area is 123 Å². The minimum absolute atomic E-state index is 0.607. The van der Waals surface area contributed by atoms with Crippen LogP contribution in [0, 0.1) is 11.8 Å². The number of rotatable bonds is 5. The second kappa shape index (κ2) is 6.96. The van der Waals surface area contributed by atoms with Crippen molar-refractivity contribution in [3.8, 4) is 0 Å². The molecule has 1 saturated carbocycles. The Morgan fingerprint density at radius 2 is 2.15 bits per heavy atom. The van der Waals surface area contributed by atoms with E-state index in [-0.39, 0.29) is 0 Å². The molecule has 1 heterocycles. The van der Waals surface area contributed by atoms with Gasteiger partial charge in [0, 0.05) is 26.3 Å². The fraction of sp³-hybridized carbons (Fsp3) is 0.706. The van der Waals surface area contributed by atoms with Gasteiger partial charge in [-0.15, -0.1) is 0 Å². The van der Waals surface area contributed by atoms with Gasteiger partial charge in [0.2, 0.25) is 0 Å². The molecule has 2 rings (SSSR count). The maximum absolute atomic E-state index is 4.27. The summed E-state index contributed by atoms with van der Waals surface area (Å²) in [7, 11) is 4.17. The fourth-order valence-electron chi connectivity index (χ4n) is 3.41. The van der Waals surface area contributed by atoms with Crippen molar-refractivity contribution in [2.24, 2.45) is 11.8 Å². The van der Waals surface area contributed by atoms with E-state index < -0.39 is 0 Å². The van der Waals surface area contributed by atoms with Crippen molar-refractivity contribution in [2.45, 2.75) is 52.0 Å². The number of pyridine rings is 1. The van der Waals surface area contributed by atoms with Crippen molar-refractivity contribution >= 4 is 11.4 Å². The lowest BCUT2D eigenvalue weighted by molar-refractivity contribution is 0.289. The molecule has 0 aromatic carbocycles. The Kier molecular flexibility index (Phi) is 5.27. The summed E-state index contributed by atoms with van der Waals surface area (Å²) in [6.07, 6.45) is 10.5. The third-order valence-corrected chi connectivity index (χ3v) is 4.23. The molecule has 1 aliphatic carbocycles. The van der Waals surface area contributed by atoms with Gasteiger partial charge in [-0.2, -0.15) is 0 Å². The van der Waals surface area contributed by atoms with Gasteiger partial charge in [0.25, 0.3) is 0 Å². The number of nitrogens with zero attached hydrogens (tertiary/aromatic N) is 2. The van der Waals surface area contributed by atoms with E-state index in [1.54, 1.807) is 0 Å². The van der Waals surface area contributed by atoms with E-state index in [9.17, 15) is 0 Å². The van der Waals surface area contributed by atoms with Crippen LogP contribution in [0.5, 0.6) is 0 Å². The van der Waals surface area contributed by atoms with Gasteiger partial charge >= 0.3 is 0 Å². The fourth-order valence-corrected chi connectivity index (χ4v) is 3.41. The highest BCUT2D eigenvalue weighted by molar-refractivity contribution is 5.68. The Morgan fingerprint density at radius 3 is 2.85 bits per heavy atom. The molecule has 1 fully saturated rings. The topological polar surface area (TPSA) is 28.2 Å². The van der Waals surface area contributed by atoms with E-state index >= 15 is 0 Å². The highest BCUT2D eigenvalue weighted by atomic mass is 15.1. The van der Waals surface area contributed by atoms with Crippen molar-refractivity contribution < 1.29 is 0 Å². The zero-order valence-corrected chi connectivity index (χ0v) is 13.4. The van der Waals surface area contributed by atoms with Crippen molar-refractivity contribution in [1.29, 1.82) is 0 Å². The summed E-state index contributed by atoms with van der Waals surface area (Å²) >= 11 is 0. The van der Waals surface area contributed by atoms with Crippen LogP contribution >= 0.6 is 0 Å². The molecule has 3 nitrogen and oxygen atoms in total. The first-order valence-electron chi connectivity index (χ1n) is 7.94. The molecule has 0 aliphatic heterocycles. The van der Waals surface area contributed by atoms with E-state index in [0.717, 1.165) is 11.8 Å². The standard InChI is InChI=1S/C17H29N3/c1-13(2)10-14-6-5-7-15(11-14)19-16-12-18-9-8-17(16)20(3)4/h8-9,12-15,19H,5-7,10-11H2,1-4H3. The van der Waals surface area contributed by atoms with Crippen LogP contribution in [0.25, 0.3) is 0 Å². The predicted octanol–water partition coefficient (Wildman–Crippen LogP) is 4.16. The van der Waals surface area contributed by atoms with E-state index in [2.05, 4.69) is 49.2 Å². The molecule has 0 bridgehead atoms. The number of anilines is 2. The lowest BCUT2D eigenvalue weighted by Gasteiger charge is -2.32. The zero-order chi connectivity index (χ0) is 14.5. The Morgan fingerprint density at radius 1 is 1.35 bits per heavy atom. The van der Waals surface area contributed by atoms with E-state index in [0.29, 0.717) is 6.04 Å². The van der Waals surface area contributed by atoms with Crippen LogP contribution < -0.4 is 10.2 Å². The summed E-state index contributed by atoms with van der Waals surface area (Å²) in [5, 5.41) is 3.73. The van der Waals surface area contributed by atoms with Crippen molar-refractivity contribution in [2.75, 3.05) is 24.3 Å². The summed E-state index contributed by atoms with van der Waals surface area (Å²) in [4.78, 5) is 6.42. The van der Waals surface area contributed by atoms with E-state index in [4.69, 9.17) is 0 Å². The highest BCUT2D eigenvalue weighted by Gasteiger charge is 2.23. The summed E-state index contributed by atoms with van der Waals surface area (Å²) in [5.74, 6) is 1.70. The van der Waals surface area contributed by atoms with Gasteiger partial charge in [-0.1, -0.05) is 26.7 Å². The normalized spacial score (nSPS) is 22.9. The van der Waals surface area contributed by atoms with Crippen LogP contribution in [0.1, 0.15) is 46.0 Å². The molecule has 20 heavy (non-hydrogen) atoms. The minimum Gasteiger partial charge on any atom is -0.379 e. The van der Waals surface area contributed by atoms with Gasteiger partial charge in [0.15, 0.2) is 0 Å². The van der Waals surface area contributed by atoms with Crippen LogP contribution in [-0.2, 0) is 0 Å². The molecular formula is C17H29N3. The smallest absolute Gasteiger partial charge is 0.0766 e. The zero-order valence-electron chi connectivity index (χ0n) is 13.4. The predicted molar refractivity (Wildman–Crippen MR) is 87.4 cm³/mol. The molecule has 1 N–H and O–H groups in total. The molecule has 2 unspecified atom stereocenters. The number of hydrogen-bond acceptors (Lipinski definition) is 3. The van der Waals surface area contributed by atoms with Crippen LogP contribution in [0.4, 0.5) is 11.4 Å². The molecule has 0 radical (unpaired) electrons. The van der Waals surface area contributed by atoms with Crippen molar-refractivity contribution in [3.05, 3.63) is 18.5 Å². The van der Waals surface area contributed by atoms with Crippen LogP contribution in [0.2, 0.25) is 0 Å². The average Bonchev–Trinajstić information content (AvgIpc) is 2.38.